The van der Waals surface area contributed by atoms with Crippen LogP contribution in [0.4, 0.5) is 0 Å². The molecule has 18 heavy (non-hydrogen) atoms. The first kappa shape index (κ1) is 14.6. The standard InChI is InChI=1S/C13H16O4S/c1-2-18(15,16)10-9-17-13-7-3-5-12(11-13)6-4-8-14/h3,5,7,11,14H,2,8-10H2,1H3. The van der Waals surface area contributed by atoms with Gasteiger partial charge in [0.2, 0.25) is 0 Å². The first-order valence-electron chi connectivity index (χ1n) is 5.60. The van der Waals surface area contributed by atoms with Crippen molar-refractivity contribution in [1.82, 2.24) is 0 Å². The van der Waals surface area contributed by atoms with Crippen molar-refractivity contribution in [2.24, 2.45) is 0 Å². The van der Waals surface area contributed by atoms with Gasteiger partial charge in [-0.3, -0.25) is 0 Å². The number of hydrogen-bond donors (Lipinski definition) is 1. The Labute approximate surface area is 108 Å². The molecule has 98 valence electrons. The predicted octanol–water partition coefficient (Wildman–Crippen LogP) is 0.844. The van der Waals surface area contributed by atoms with Crippen LogP contribution in [0.1, 0.15) is 12.5 Å². The maximum atomic E-state index is 11.3. The molecule has 0 aliphatic heterocycles. The lowest BCUT2D eigenvalue weighted by Gasteiger charge is -2.06. The average molecular weight is 268 g/mol. The number of ether oxygens (including phenoxy) is 1. The van der Waals surface area contributed by atoms with E-state index in [1.807, 2.05) is 0 Å². The summed E-state index contributed by atoms with van der Waals surface area (Å²) in [7, 11) is -3.00. The monoisotopic (exact) mass is 268 g/mol. The molecule has 0 amide bonds. The number of aliphatic hydroxyl groups is 1. The molecule has 0 aliphatic rings. The number of benzene rings is 1. The fourth-order valence-corrected chi connectivity index (χ4v) is 1.86. The Kier molecular flexibility index (Phi) is 5.69. The zero-order valence-corrected chi connectivity index (χ0v) is 11.0. The molecule has 0 aliphatic carbocycles. The van der Waals surface area contributed by atoms with Crippen LogP contribution < -0.4 is 4.74 Å². The summed E-state index contributed by atoms with van der Waals surface area (Å²) in [5.41, 5.74) is 0.722. The van der Waals surface area contributed by atoms with Gasteiger partial charge in [0.05, 0.1) is 5.75 Å². The van der Waals surface area contributed by atoms with Gasteiger partial charge in [0.1, 0.15) is 19.0 Å². The molecule has 0 aromatic heterocycles. The lowest BCUT2D eigenvalue weighted by Crippen LogP contribution is -2.15. The summed E-state index contributed by atoms with van der Waals surface area (Å²) in [6.45, 7) is 1.55. The fourth-order valence-electron chi connectivity index (χ4n) is 1.24. The summed E-state index contributed by atoms with van der Waals surface area (Å²) < 4.78 is 27.9. The second kappa shape index (κ2) is 7.04. The van der Waals surface area contributed by atoms with Crippen molar-refractivity contribution < 1.29 is 18.3 Å². The molecule has 0 radical (unpaired) electrons. The predicted molar refractivity (Wildman–Crippen MR) is 70.2 cm³/mol. The van der Waals surface area contributed by atoms with Crippen molar-refractivity contribution >= 4 is 9.84 Å². The van der Waals surface area contributed by atoms with E-state index in [2.05, 4.69) is 11.8 Å². The molecule has 0 heterocycles. The number of sulfone groups is 1. The highest BCUT2D eigenvalue weighted by Gasteiger charge is 2.07. The smallest absolute Gasteiger partial charge is 0.153 e. The molecule has 0 unspecified atom stereocenters. The van der Waals surface area contributed by atoms with Crippen LogP contribution in [0.15, 0.2) is 24.3 Å². The highest BCUT2D eigenvalue weighted by atomic mass is 32.2. The van der Waals surface area contributed by atoms with Crippen molar-refractivity contribution in [3.05, 3.63) is 29.8 Å². The van der Waals surface area contributed by atoms with Crippen molar-refractivity contribution in [3.63, 3.8) is 0 Å². The van der Waals surface area contributed by atoms with Gasteiger partial charge in [-0.15, -0.1) is 0 Å². The molecule has 1 rings (SSSR count). The minimum absolute atomic E-state index is 0.00997. The molecule has 5 heteroatoms. The van der Waals surface area contributed by atoms with Gasteiger partial charge < -0.3 is 9.84 Å². The topological polar surface area (TPSA) is 63.6 Å². The van der Waals surface area contributed by atoms with E-state index in [-0.39, 0.29) is 24.7 Å². The Morgan fingerprint density at radius 3 is 2.83 bits per heavy atom. The van der Waals surface area contributed by atoms with Gasteiger partial charge in [-0.2, -0.15) is 0 Å². The van der Waals surface area contributed by atoms with Gasteiger partial charge in [-0.25, -0.2) is 8.42 Å². The molecule has 0 saturated carbocycles. The van der Waals surface area contributed by atoms with E-state index in [1.165, 1.54) is 0 Å². The van der Waals surface area contributed by atoms with E-state index >= 15 is 0 Å². The Hall–Kier alpha value is -1.51. The summed E-state index contributed by atoms with van der Waals surface area (Å²) in [4.78, 5) is 0. The highest BCUT2D eigenvalue weighted by molar-refractivity contribution is 7.91. The van der Waals surface area contributed by atoms with E-state index < -0.39 is 9.84 Å². The van der Waals surface area contributed by atoms with Crippen molar-refractivity contribution in [2.75, 3.05) is 24.7 Å². The Bertz CT molecular complexity index is 538. The van der Waals surface area contributed by atoms with Crippen LogP contribution in [0.5, 0.6) is 5.75 Å². The number of hydrogen-bond acceptors (Lipinski definition) is 4. The zero-order valence-electron chi connectivity index (χ0n) is 10.2. The minimum atomic E-state index is -3.00. The SMILES string of the molecule is CCS(=O)(=O)CCOc1cccc(C#CCO)c1. The van der Waals surface area contributed by atoms with Crippen LogP contribution in [0.3, 0.4) is 0 Å². The largest absolute Gasteiger partial charge is 0.492 e. The molecular formula is C13H16O4S. The first-order chi connectivity index (χ1) is 8.57. The zero-order chi connectivity index (χ0) is 13.4. The second-order valence-electron chi connectivity index (χ2n) is 3.57. The highest BCUT2D eigenvalue weighted by Crippen LogP contribution is 2.12. The molecule has 1 aromatic rings. The molecule has 0 fully saturated rings. The lowest BCUT2D eigenvalue weighted by atomic mass is 10.2. The molecule has 0 atom stereocenters. The first-order valence-corrected chi connectivity index (χ1v) is 7.42. The molecular weight excluding hydrogens is 252 g/mol. The second-order valence-corrected chi connectivity index (χ2v) is 6.05. The molecule has 0 bridgehead atoms. The maximum Gasteiger partial charge on any atom is 0.153 e. The van der Waals surface area contributed by atoms with Gasteiger partial charge in [-0.05, 0) is 18.2 Å². The van der Waals surface area contributed by atoms with Crippen molar-refractivity contribution in [1.29, 1.82) is 0 Å². The quantitative estimate of drug-likeness (QED) is 0.804. The van der Waals surface area contributed by atoms with Gasteiger partial charge in [0.15, 0.2) is 9.84 Å². The summed E-state index contributed by atoms with van der Waals surface area (Å²) in [5.74, 6) is 6.00. The van der Waals surface area contributed by atoms with E-state index in [9.17, 15) is 8.42 Å². The third-order valence-electron chi connectivity index (χ3n) is 2.25. The minimum Gasteiger partial charge on any atom is -0.492 e. The molecule has 4 nitrogen and oxygen atoms in total. The number of aliphatic hydroxyl groups excluding tert-OH is 1. The van der Waals surface area contributed by atoms with Crippen molar-refractivity contribution in [2.45, 2.75) is 6.92 Å². The van der Waals surface area contributed by atoms with Gasteiger partial charge in [0.25, 0.3) is 0 Å². The van der Waals surface area contributed by atoms with E-state index in [4.69, 9.17) is 9.84 Å². The normalized spacial score (nSPS) is 10.6. The van der Waals surface area contributed by atoms with Gasteiger partial charge >= 0.3 is 0 Å². The van der Waals surface area contributed by atoms with Crippen LogP contribution in [0, 0.1) is 11.8 Å². The van der Waals surface area contributed by atoms with E-state index in [0.717, 1.165) is 5.56 Å². The van der Waals surface area contributed by atoms with Gasteiger partial charge in [-0.1, -0.05) is 24.8 Å². The summed E-state index contributed by atoms with van der Waals surface area (Å²) in [6.07, 6.45) is 0. The summed E-state index contributed by atoms with van der Waals surface area (Å²) in [6, 6.07) is 7.01. The van der Waals surface area contributed by atoms with Crippen LogP contribution in [0.25, 0.3) is 0 Å². The Morgan fingerprint density at radius 1 is 1.39 bits per heavy atom. The molecule has 0 spiro atoms. The van der Waals surface area contributed by atoms with E-state index in [1.54, 1.807) is 31.2 Å². The molecule has 1 aromatic carbocycles. The van der Waals surface area contributed by atoms with Crippen LogP contribution >= 0.6 is 0 Å². The summed E-state index contributed by atoms with van der Waals surface area (Å²) in [5, 5.41) is 8.58. The molecule has 0 saturated heterocycles. The maximum absolute atomic E-state index is 11.3. The third-order valence-corrected chi connectivity index (χ3v) is 3.92. The Balaban J connectivity index is 2.58. The Morgan fingerprint density at radius 2 is 2.17 bits per heavy atom. The van der Waals surface area contributed by atoms with Crippen LogP contribution in [-0.4, -0.2) is 38.2 Å². The van der Waals surface area contributed by atoms with Crippen molar-refractivity contribution in [3.8, 4) is 17.6 Å². The average Bonchev–Trinajstić information content (AvgIpc) is 2.37. The van der Waals surface area contributed by atoms with Crippen LogP contribution in [0.2, 0.25) is 0 Å². The lowest BCUT2D eigenvalue weighted by molar-refractivity contribution is 0.341. The summed E-state index contributed by atoms with van der Waals surface area (Å²) >= 11 is 0. The fraction of sp³-hybridized carbons (Fsp3) is 0.385. The molecule has 1 N–H and O–H groups in total. The third kappa shape index (κ3) is 5.21. The number of rotatable bonds is 5. The van der Waals surface area contributed by atoms with Gasteiger partial charge in [0, 0.05) is 11.3 Å². The van der Waals surface area contributed by atoms with Crippen LogP contribution in [-0.2, 0) is 9.84 Å². The van der Waals surface area contributed by atoms with E-state index in [0.29, 0.717) is 5.75 Å².